The lowest BCUT2D eigenvalue weighted by molar-refractivity contribution is 0.0751. The van der Waals surface area contributed by atoms with E-state index in [2.05, 4.69) is 15.9 Å². The highest BCUT2D eigenvalue weighted by molar-refractivity contribution is 9.10. The fourth-order valence-electron chi connectivity index (χ4n) is 2.29. The van der Waals surface area contributed by atoms with Crippen molar-refractivity contribution in [3.8, 4) is 0 Å². The first-order valence-electron chi connectivity index (χ1n) is 6.04. The van der Waals surface area contributed by atoms with E-state index in [0.29, 0.717) is 5.02 Å². The number of carbonyl (C=O) groups is 1. The molecule has 0 fully saturated rings. The minimum absolute atomic E-state index is 0.261. The lowest BCUT2D eigenvalue weighted by atomic mass is 9.96. The first kappa shape index (κ1) is 16.3. The van der Waals surface area contributed by atoms with E-state index in [1.54, 1.807) is 0 Å². The van der Waals surface area contributed by atoms with Gasteiger partial charge in [-0.2, -0.15) is 0 Å². The molecule has 1 unspecified atom stereocenters. The average molecular weight is 349 g/mol. The molecule has 0 aliphatic carbocycles. The Balaban J connectivity index is 3.29. The van der Waals surface area contributed by atoms with Gasteiger partial charge in [0.2, 0.25) is 0 Å². The van der Waals surface area contributed by atoms with Crippen molar-refractivity contribution in [1.29, 1.82) is 0 Å². The third-order valence-electron chi connectivity index (χ3n) is 3.15. The Bertz CT molecular complexity index is 497. The summed E-state index contributed by atoms with van der Waals surface area (Å²) in [6, 6.07) is 3.50. The molecule has 1 aromatic rings. The average Bonchev–Trinajstić information content (AvgIpc) is 2.23. The zero-order valence-corrected chi connectivity index (χ0v) is 14.1. The molecule has 1 rings (SSSR count). The van der Waals surface area contributed by atoms with Crippen molar-refractivity contribution in [2.45, 2.75) is 46.2 Å². The van der Waals surface area contributed by atoms with Gasteiger partial charge in [-0.1, -0.05) is 17.7 Å². The summed E-state index contributed by atoms with van der Waals surface area (Å²) in [7, 11) is 0. The van der Waals surface area contributed by atoms with E-state index in [1.807, 2.05) is 46.8 Å². The standard InChI is InChI=1S/C14H19BrClNO2/c1-8-10(6-7-11(15)12(8)16)9(2)17(13(18)19)14(3,4)5/h6-7,9H,1-5H3,(H,18,19). The van der Waals surface area contributed by atoms with Crippen molar-refractivity contribution in [3.63, 3.8) is 0 Å². The third-order valence-corrected chi connectivity index (χ3v) is 4.52. The number of amides is 1. The van der Waals surface area contributed by atoms with Gasteiger partial charge in [-0.05, 0) is 67.7 Å². The molecule has 1 atom stereocenters. The molecule has 0 aliphatic heterocycles. The van der Waals surface area contributed by atoms with Gasteiger partial charge in [0.25, 0.3) is 0 Å². The summed E-state index contributed by atoms with van der Waals surface area (Å²) in [5.74, 6) is 0. The first-order valence-corrected chi connectivity index (χ1v) is 7.21. The van der Waals surface area contributed by atoms with E-state index in [0.717, 1.165) is 15.6 Å². The fourth-order valence-corrected chi connectivity index (χ4v) is 2.89. The summed E-state index contributed by atoms with van der Waals surface area (Å²) in [6.45, 7) is 9.43. The van der Waals surface area contributed by atoms with E-state index >= 15 is 0 Å². The van der Waals surface area contributed by atoms with Crippen molar-refractivity contribution in [2.24, 2.45) is 0 Å². The lowest BCUT2D eigenvalue weighted by Crippen LogP contribution is -2.46. The second-order valence-electron chi connectivity index (χ2n) is 5.57. The largest absolute Gasteiger partial charge is 0.465 e. The molecule has 0 heterocycles. The summed E-state index contributed by atoms with van der Waals surface area (Å²) < 4.78 is 0.820. The van der Waals surface area contributed by atoms with Crippen LogP contribution in [0.2, 0.25) is 5.02 Å². The Morgan fingerprint density at radius 3 is 2.37 bits per heavy atom. The van der Waals surface area contributed by atoms with Crippen LogP contribution in [-0.4, -0.2) is 21.6 Å². The molecule has 0 aromatic heterocycles. The number of benzene rings is 1. The molecule has 0 saturated heterocycles. The highest BCUT2D eigenvalue weighted by Gasteiger charge is 2.32. The Morgan fingerprint density at radius 2 is 1.95 bits per heavy atom. The Labute approximate surface area is 127 Å². The van der Waals surface area contributed by atoms with Crippen LogP contribution in [0.4, 0.5) is 4.79 Å². The van der Waals surface area contributed by atoms with Gasteiger partial charge in [0, 0.05) is 10.0 Å². The molecule has 0 aliphatic rings. The van der Waals surface area contributed by atoms with Gasteiger partial charge in [0.15, 0.2) is 0 Å². The van der Waals surface area contributed by atoms with E-state index in [1.165, 1.54) is 4.90 Å². The topological polar surface area (TPSA) is 40.5 Å². The van der Waals surface area contributed by atoms with Crippen molar-refractivity contribution < 1.29 is 9.90 Å². The Kier molecular flexibility index (Phi) is 4.91. The molecule has 19 heavy (non-hydrogen) atoms. The van der Waals surface area contributed by atoms with Crippen LogP contribution in [0.25, 0.3) is 0 Å². The van der Waals surface area contributed by atoms with Crippen molar-refractivity contribution in [2.75, 3.05) is 0 Å². The van der Waals surface area contributed by atoms with E-state index in [-0.39, 0.29) is 6.04 Å². The monoisotopic (exact) mass is 347 g/mol. The third kappa shape index (κ3) is 3.42. The maximum atomic E-state index is 11.5. The lowest BCUT2D eigenvalue weighted by Gasteiger charge is -2.38. The molecule has 0 bridgehead atoms. The summed E-state index contributed by atoms with van der Waals surface area (Å²) in [5, 5.41) is 10.1. The van der Waals surface area contributed by atoms with Crippen LogP contribution in [0, 0.1) is 6.92 Å². The van der Waals surface area contributed by atoms with Gasteiger partial charge in [-0.25, -0.2) is 4.79 Å². The minimum atomic E-state index is -0.932. The molecular weight excluding hydrogens is 330 g/mol. The number of rotatable bonds is 2. The normalized spacial score (nSPS) is 13.2. The predicted octanol–water partition coefficient (Wildman–Crippen LogP) is 5.25. The van der Waals surface area contributed by atoms with E-state index in [9.17, 15) is 9.90 Å². The van der Waals surface area contributed by atoms with Gasteiger partial charge in [0.05, 0.1) is 11.1 Å². The van der Waals surface area contributed by atoms with Crippen molar-refractivity contribution in [1.82, 2.24) is 4.90 Å². The predicted molar refractivity (Wildman–Crippen MR) is 81.9 cm³/mol. The quantitative estimate of drug-likeness (QED) is 0.793. The van der Waals surface area contributed by atoms with Gasteiger partial charge in [-0.3, -0.25) is 4.90 Å². The van der Waals surface area contributed by atoms with Gasteiger partial charge < -0.3 is 5.11 Å². The highest BCUT2D eigenvalue weighted by Crippen LogP contribution is 2.35. The molecule has 0 radical (unpaired) electrons. The molecular formula is C14H19BrClNO2. The summed E-state index contributed by atoms with van der Waals surface area (Å²) in [4.78, 5) is 13.0. The van der Waals surface area contributed by atoms with Crippen LogP contribution in [-0.2, 0) is 0 Å². The SMILES string of the molecule is Cc1c(C(C)N(C(=O)O)C(C)(C)C)ccc(Br)c1Cl. The Morgan fingerprint density at radius 1 is 1.42 bits per heavy atom. The molecule has 0 spiro atoms. The van der Waals surface area contributed by atoms with Crippen LogP contribution < -0.4 is 0 Å². The van der Waals surface area contributed by atoms with E-state index < -0.39 is 11.6 Å². The zero-order valence-electron chi connectivity index (χ0n) is 11.8. The minimum Gasteiger partial charge on any atom is -0.465 e. The maximum absolute atomic E-state index is 11.5. The van der Waals surface area contributed by atoms with Gasteiger partial charge >= 0.3 is 6.09 Å². The van der Waals surface area contributed by atoms with Gasteiger partial charge in [-0.15, -0.1) is 0 Å². The van der Waals surface area contributed by atoms with Gasteiger partial charge in [0.1, 0.15) is 0 Å². The highest BCUT2D eigenvalue weighted by atomic mass is 79.9. The molecule has 1 N–H and O–H groups in total. The second-order valence-corrected chi connectivity index (χ2v) is 6.81. The van der Waals surface area contributed by atoms with Crippen molar-refractivity contribution >= 4 is 33.6 Å². The summed E-state index contributed by atoms with van der Waals surface area (Å²) in [6.07, 6.45) is -0.932. The number of carboxylic acid groups (broad SMARTS) is 1. The molecule has 1 aromatic carbocycles. The second kappa shape index (κ2) is 5.71. The molecule has 3 nitrogen and oxygen atoms in total. The number of hydrogen-bond acceptors (Lipinski definition) is 1. The molecule has 5 heteroatoms. The van der Waals surface area contributed by atoms with Crippen LogP contribution in [0.5, 0.6) is 0 Å². The molecule has 0 saturated carbocycles. The summed E-state index contributed by atoms with van der Waals surface area (Å²) >= 11 is 9.59. The number of nitrogens with zero attached hydrogens (tertiary/aromatic N) is 1. The van der Waals surface area contributed by atoms with Crippen molar-refractivity contribution in [3.05, 3.63) is 32.8 Å². The van der Waals surface area contributed by atoms with Crippen LogP contribution in [0.3, 0.4) is 0 Å². The van der Waals surface area contributed by atoms with E-state index in [4.69, 9.17) is 11.6 Å². The smallest absolute Gasteiger partial charge is 0.408 e. The maximum Gasteiger partial charge on any atom is 0.408 e. The first-order chi connectivity index (χ1) is 8.57. The zero-order chi connectivity index (χ0) is 15.0. The Hall–Kier alpha value is -0.740. The number of halogens is 2. The van der Waals surface area contributed by atoms with Crippen LogP contribution in [0.15, 0.2) is 16.6 Å². The molecule has 106 valence electrons. The number of hydrogen-bond donors (Lipinski definition) is 1. The molecule has 1 amide bonds. The summed E-state index contributed by atoms with van der Waals surface area (Å²) in [5.41, 5.74) is 1.35. The van der Waals surface area contributed by atoms with Crippen LogP contribution in [0.1, 0.15) is 44.9 Å². The van der Waals surface area contributed by atoms with Crippen LogP contribution >= 0.6 is 27.5 Å². The fraction of sp³-hybridized carbons (Fsp3) is 0.500.